The Balaban J connectivity index is 2.12. The second kappa shape index (κ2) is 4.59. The quantitative estimate of drug-likeness (QED) is 0.775. The van der Waals surface area contributed by atoms with Crippen LogP contribution < -0.4 is 4.74 Å². The van der Waals surface area contributed by atoms with Crippen molar-refractivity contribution in [1.29, 1.82) is 0 Å². The summed E-state index contributed by atoms with van der Waals surface area (Å²) in [7, 11) is 0. The van der Waals surface area contributed by atoms with Gasteiger partial charge < -0.3 is 4.74 Å². The van der Waals surface area contributed by atoms with Gasteiger partial charge >= 0.3 is 6.18 Å². The van der Waals surface area contributed by atoms with E-state index in [2.05, 4.69) is 6.07 Å². The maximum atomic E-state index is 12.1. The molecule has 1 aliphatic carbocycles. The van der Waals surface area contributed by atoms with Gasteiger partial charge in [-0.05, 0) is 48.4 Å². The highest BCUT2D eigenvalue weighted by Crippen LogP contribution is 2.41. The van der Waals surface area contributed by atoms with Crippen LogP contribution in [0.4, 0.5) is 13.2 Å². The van der Waals surface area contributed by atoms with Crippen molar-refractivity contribution in [3.8, 4) is 5.75 Å². The highest BCUT2D eigenvalue weighted by atomic mass is 19.4. The summed E-state index contributed by atoms with van der Waals surface area (Å²) in [6.07, 6.45) is -1.21. The summed E-state index contributed by atoms with van der Waals surface area (Å²) in [5.41, 5.74) is 2.15. The number of hydrogen-bond donors (Lipinski definition) is 0. The summed E-state index contributed by atoms with van der Waals surface area (Å²) in [5.74, 6) is 0.860. The van der Waals surface area contributed by atoms with E-state index in [1.807, 2.05) is 6.92 Å². The van der Waals surface area contributed by atoms with E-state index in [4.69, 9.17) is 4.74 Å². The first kappa shape index (κ1) is 12.3. The Hall–Kier alpha value is -1.19. The van der Waals surface area contributed by atoms with Crippen molar-refractivity contribution in [3.63, 3.8) is 0 Å². The Labute approximate surface area is 98.6 Å². The Morgan fingerprint density at radius 1 is 1.24 bits per heavy atom. The smallest absolute Gasteiger partial charge is 0.422 e. The van der Waals surface area contributed by atoms with Crippen molar-refractivity contribution >= 4 is 0 Å². The Morgan fingerprint density at radius 3 is 2.47 bits per heavy atom. The first-order valence-corrected chi connectivity index (χ1v) is 5.81. The number of aryl methyl sites for hydroxylation is 1. The van der Waals surface area contributed by atoms with Crippen LogP contribution in [-0.4, -0.2) is 12.8 Å². The molecule has 94 valence electrons. The van der Waals surface area contributed by atoms with E-state index in [1.54, 1.807) is 12.1 Å². The Bertz CT molecular complexity index is 394. The van der Waals surface area contributed by atoms with Crippen LogP contribution in [-0.2, 0) is 6.42 Å². The molecule has 1 fully saturated rings. The highest BCUT2D eigenvalue weighted by Gasteiger charge is 2.29. The minimum Gasteiger partial charge on any atom is -0.484 e. The predicted molar refractivity (Wildman–Crippen MR) is 59.3 cm³/mol. The fourth-order valence-corrected chi connectivity index (χ4v) is 1.79. The van der Waals surface area contributed by atoms with E-state index in [0.29, 0.717) is 11.7 Å². The van der Waals surface area contributed by atoms with Gasteiger partial charge in [0.05, 0.1) is 0 Å². The molecule has 0 N–H and O–H groups in total. The summed E-state index contributed by atoms with van der Waals surface area (Å²) in [4.78, 5) is 0. The van der Waals surface area contributed by atoms with Crippen LogP contribution in [0, 0.1) is 0 Å². The summed E-state index contributed by atoms with van der Waals surface area (Å²) in [6.45, 7) is 0.768. The molecule has 1 aliphatic rings. The molecule has 0 unspecified atom stereocenters. The van der Waals surface area contributed by atoms with Crippen molar-refractivity contribution < 1.29 is 17.9 Å². The molecule has 0 aromatic heterocycles. The highest BCUT2D eigenvalue weighted by molar-refractivity contribution is 5.38. The van der Waals surface area contributed by atoms with E-state index in [-0.39, 0.29) is 0 Å². The van der Waals surface area contributed by atoms with Gasteiger partial charge in [-0.1, -0.05) is 13.0 Å². The summed E-state index contributed by atoms with van der Waals surface area (Å²) in [5, 5.41) is 0. The van der Waals surface area contributed by atoms with Crippen LogP contribution in [0.2, 0.25) is 0 Å². The zero-order valence-corrected chi connectivity index (χ0v) is 9.68. The lowest BCUT2D eigenvalue weighted by atomic mass is 10.0. The van der Waals surface area contributed by atoms with Crippen LogP contribution in [0.15, 0.2) is 18.2 Å². The summed E-state index contributed by atoms with van der Waals surface area (Å²) < 4.78 is 41.0. The first-order chi connectivity index (χ1) is 7.98. The van der Waals surface area contributed by atoms with Crippen LogP contribution >= 0.6 is 0 Å². The van der Waals surface area contributed by atoms with Crippen LogP contribution in [0.3, 0.4) is 0 Å². The molecule has 2 rings (SSSR count). The summed E-state index contributed by atoms with van der Waals surface area (Å²) >= 11 is 0. The number of ether oxygens (including phenoxy) is 1. The second-order valence-electron chi connectivity index (χ2n) is 4.44. The Kier molecular flexibility index (Phi) is 3.31. The number of hydrogen-bond acceptors (Lipinski definition) is 1. The predicted octanol–water partition coefficient (Wildman–Crippen LogP) is 4.07. The largest absolute Gasteiger partial charge is 0.484 e. The zero-order chi connectivity index (χ0) is 12.5. The molecule has 0 spiro atoms. The lowest BCUT2D eigenvalue weighted by Gasteiger charge is -2.12. The normalized spacial score (nSPS) is 16.0. The van der Waals surface area contributed by atoms with E-state index < -0.39 is 12.8 Å². The fraction of sp³-hybridized carbons (Fsp3) is 0.538. The van der Waals surface area contributed by atoms with Gasteiger partial charge in [0.2, 0.25) is 0 Å². The van der Waals surface area contributed by atoms with Gasteiger partial charge in [-0.25, -0.2) is 0 Å². The maximum absolute atomic E-state index is 12.1. The topological polar surface area (TPSA) is 9.23 Å². The zero-order valence-electron chi connectivity index (χ0n) is 9.68. The van der Waals surface area contributed by atoms with E-state index in [9.17, 15) is 13.2 Å². The molecule has 17 heavy (non-hydrogen) atoms. The van der Waals surface area contributed by atoms with Gasteiger partial charge in [0.1, 0.15) is 5.75 Å². The molecule has 0 amide bonds. The van der Waals surface area contributed by atoms with Crippen molar-refractivity contribution in [1.82, 2.24) is 0 Å². The molecule has 0 heterocycles. The van der Waals surface area contributed by atoms with Gasteiger partial charge in [-0.2, -0.15) is 13.2 Å². The van der Waals surface area contributed by atoms with Crippen molar-refractivity contribution in [2.24, 2.45) is 0 Å². The van der Waals surface area contributed by atoms with Gasteiger partial charge in [0.15, 0.2) is 6.61 Å². The van der Waals surface area contributed by atoms with Crippen molar-refractivity contribution in [2.45, 2.75) is 38.3 Å². The lowest BCUT2D eigenvalue weighted by Crippen LogP contribution is -2.19. The van der Waals surface area contributed by atoms with Crippen LogP contribution in [0.5, 0.6) is 5.75 Å². The third-order valence-corrected chi connectivity index (χ3v) is 2.85. The lowest BCUT2D eigenvalue weighted by molar-refractivity contribution is -0.153. The Morgan fingerprint density at radius 2 is 1.94 bits per heavy atom. The molecule has 1 aromatic rings. The molecule has 0 bridgehead atoms. The number of rotatable bonds is 4. The monoisotopic (exact) mass is 244 g/mol. The average Bonchev–Trinajstić information content (AvgIpc) is 3.08. The van der Waals surface area contributed by atoms with Crippen molar-refractivity contribution in [2.75, 3.05) is 6.61 Å². The summed E-state index contributed by atoms with van der Waals surface area (Å²) in [6, 6.07) is 5.50. The molecule has 0 atom stereocenters. The van der Waals surface area contributed by atoms with Crippen LogP contribution in [0.1, 0.15) is 36.8 Å². The molecule has 0 saturated heterocycles. The average molecular weight is 244 g/mol. The van der Waals surface area contributed by atoms with Crippen LogP contribution in [0.25, 0.3) is 0 Å². The molecule has 1 aromatic carbocycles. The minimum absolute atomic E-state index is 0.337. The third kappa shape index (κ3) is 3.65. The molecule has 4 heteroatoms. The number of halogens is 3. The fourth-order valence-electron chi connectivity index (χ4n) is 1.79. The van der Waals surface area contributed by atoms with Gasteiger partial charge in [0, 0.05) is 0 Å². The number of benzene rings is 1. The minimum atomic E-state index is -4.28. The van der Waals surface area contributed by atoms with Gasteiger partial charge in [-0.15, -0.1) is 0 Å². The standard InChI is InChI=1S/C13H15F3O/c1-2-9-5-11(10-3-4-10)7-12(6-9)17-8-13(14,15)16/h5-7,10H,2-4,8H2,1H3. The first-order valence-electron chi connectivity index (χ1n) is 5.81. The van der Waals surface area contributed by atoms with E-state index >= 15 is 0 Å². The molecule has 1 nitrogen and oxygen atoms in total. The van der Waals surface area contributed by atoms with Crippen molar-refractivity contribution in [3.05, 3.63) is 29.3 Å². The number of alkyl halides is 3. The second-order valence-corrected chi connectivity index (χ2v) is 4.44. The molecular weight excluding hydrogens is 229 g/mol. The molecule has 0 radical (unpaired) electrons. The van der Waals surface area contributed by atoms with E-state index in [1.165, 1.54) is 0 Å². The van der Waals surface area contributed by atoms with E-state index in [0.717, 1.165) is 30.4 Å². The maximum Gasteiger partial charge on any atom is 0.422 e. The molecule has 0 aliphatic heterocycles. The molecular formula is C13H15F3O. The third-order valence-electron chi connectivity index (χ3n) is 2.85. The molecule has 1 saturated carbocycles. The van der Waals surface area contributed by atoms with Gasteiger partial charge in [-0.3, -0.25) is 0 Å². The van der Waals surface area contributed by atoms with Gasteiger partial charge in [0.25, 0.3) is 0 Å². The SMILES string of the molecule is CCc1cc(OCC(F)(F)F)cc(C2CC2)c1.